The summed E-state index contributed by atoms with van der Waals surface area (Å²) in [7, 11) is 0. The van der Waals surface area contributed by atoms with E-state index >= 15 is 0 Å². The molecule has 3 rings (SSSR count). The van der Waals surface area contributed by atoms with Crippen LogP contribution in [-0.2, 0) is 19.1 Å². The number of esters is 1. The summed E-state index contributed by atoms with van der Waals surface area (Å²) in [6, 6.07) is 7.11. The van der Waals surface area contributed by atoms with E-state index in [0.29, 0.717) is 11.4 Å². The molecule has 1 aliphatic heterocycles. The Balaban J connectivity index is 1.86. The lowest BCUT2D eigenvalue weighted by Crippen LogP contribution is -2.60. The van der Waals surface area contributed by atoms with E-state index in [-0.39, 0.29) is 17.8 Å². The highest BCUT2D eigenvalue weighted by molar-refractivity contribution is 6.15. The molecule has 0 saturated heterocycles. The molecule has 128 valence electrons. The molecule has 0 unspecified atom stereocenters. The minimum atomic E-state index is -1.07. The van der Waals surface area contributed by atoms with Crippen LogP contribution >= 0.6 is 0 Å². The Kier molecular flexibility index (Phi) is 4.07. The van der Waals surface area contributed by atoms with Gasteiger partial charge >= 0.3 is 5.97 Å². The van der Waals surface area contributed by atoms with Crippen LogP contribution in [0.3, 0.4) is 0 Å². The number of rotatable bonds is 3. The molecule has 1 saturated carbocycles. The molecule has 6 nitrogen and oxygen atoms in total. The number of para-hydroxylation sites is 2. The Labute approximate surface area is 141 Å². The summed E-state index contributed by atoms with van der Waals surface area (Å²) in [4.78, 5) is 38.8. The Bertz CT molecular complexity index is 694. The van der Waals surface area contributed by atoms with Crippen molar-refractivity contribution in [2.75, 3.05) is 10.2 Å². The molecule has 24 heavy (non-hydrogen) atoms. The zero-order valence-corrected chi connectivity index (χ0v) is 14.2. The summed E-state index contributed by atoms with van der Waals surface area (Å²) in [5, 5.41) is 2.81. The number of hydrogen-bond donors (Lipinski definition) is 1. The van der Waals surface area contributed by atoms with Crippen molar-refractivity contribution < 1.29 is 19.1 Å². The van der Waals surface area contributed by atoms with Gasteiger partial charge in [-0.2, -0.15) is 0 Å². The molecule has 0 radical (unpaired) electrons. The summed E-state index contributed by atoms with van der Waals surface area (Å²) in [6.07, 6.45) is 1.73. The molecule has 1 fully saturated rings. The monoisotopic (exact) mass is 330 g/mol. The minimum absolute atomic E-state index is 0.0924. The summed E-state index contributed by atoms with van der Waals surface area (Å²) >= 11 is 0. The van der Waals surface area contributed by atoms with Gasteiger partial charge in [-0.1, -0.05) is 18.6 Å². The molecule has 0 bridgehead atoms. The molecule has 6 heteroatoms. The Morgan fingerprint density at radius 1 is 1.29 bits per heavy atom. The largest absolute Gasteiger partial charge is 0.452 e. The number of amides is 2. The zero-order chi connectivity index (χ0) is 17.5. The van der Waals surface area contributed by atoms with Crippen molar-refractivity contribution in [1.82, 2.24) is 0 Å². The van der Waals surface area contributed by atoms with E-state index in [2.05, 4.69) is 5.32 Å². The molecule has 0 spiro atoms. The molecule has 1 aromatic rings. The third-order valence-corrected chi connectivity index (χ3v) is 4.81. The van der Waals surface area contributed by atoms with Crippen LogP contribution in [-0.4, -0.2) is 29.4 Å². The number of hydrogen-bond acceptors (Lipinski definition) is 4. The SMILES string of the molecule is C[C@H](OC(=O)C1CCC1)C(=O)N1c2ccccc2NC(=O)C1(C)C. The molecule has 1 N–H and O–H groups in total. The van der Waals surface area contributed by atoms with Crippen LogP contribution in [0.1, 0.15) is 40.0 Å². The first-order valence-corrected chi connectivity index (χ1v) is 8.27. The molecule has 1 aromatic carbocycles. The van der Waals surface area contributed by atoms with Crippen LogP contribution in [0.15, 0.2) is 24.3 Å². The van der Waals surface area contributed by atoms with Gasteiger partial charge in [0.25, 0.3) is 5.91 Å². The predicted octanol–water partition coefficient (Wildman–Crippen LogP) is 2.48. The standard InChI is InChI=1S/C18H22N2O4/c1-11(24-16(22)12-7-6-8-12)15(21)20-14-10-5-4-9-13(14)19-17(23)18(20,2)3/h4-5,9-12H,6-8H2,1-3H3,(H,19,23)/t11-/m0/s1. The molecule has 1 heterocycles. The molecule has 1 atom stereocenters. The Morgan fingerprint density at radius 3 is 2.58 bits per heavy atom. The van der Waals surface area contributed by atoms with Gasteiger partial charge in [0.15, 0.2) is 6.10 Å². The molecule has 1 aliphatic carbocycles. The number of carbonyl (C=O) groups is 3. The van der Waals surface area contributed by atoms with Gasteiger partial charge in [-0.15, -0.1) is 0 Å². The second-order valence-corrected chi connectivity index (χ2v) is 6.91. The number of nitrogens with one attached hydrogen (secondary N) is 1. The van der Waals surface area contributed by atoms with Gasteiger partial charge in [-0.3, -0.25) is 19.3 Å². The third-order valence-electron chi connectivity index (χ3n) is 4.81. The summed E-state index contributed by atoms with van der Waals surface area (Å²) < 4.78 is 5.35. The fraction of sp³-hybridized carbons (Fsp3) is 0.500. The number of fused-ring (bicyclic) bond motifs is 1. The molecular formula is C18H22N2O4. The average molecular weight is 330 g/mol. The highest BCUT2D eigenvalue weighted by Gasteiger charge is 2.45. The maximum atomic E-state index is 13.0. The van der Waals surface area contributed by atoms with Crippen molar-refractivity contribution in [3.63, 3.8) is 0 Å². The number of ether oxygens (including phenoxy) is 1. The first-order valence-electron chi connectivity index (χ1n) is 8.27. The smallest absolute Gasteiger partial charge is 0.309 e. The van der Waals surface area contributed by atoms with Gasteiger partial charge in [0, 0.05) is 0 Å². The van der Waals surface area contributed by atoms with Gasteiger partial charge in [-0.25, -0.2) is 0 Å². The number of nitrogens with zero attached hydrogens (tertiary/aromatic N) is 1. The predicted molar refractivity (Wildman–Crippen MR) is 89.5 cm³/mol. The number of anilines is 2. The van der Waals surface area contributed by atoms with E-state index in [0.717, 1.165) is 19.3 Å². The Hall–Kier alpha value is -2.37. The van der Waals surface area contributed by atoms with Gasteiger partial charge in [0.1, 0.15) is 5.54 Å². The number of benzene rings is 1. The minimum Gasteiger partial charge on any atom is -0.452 e. The first kappa shape index (κ1) is 16.5. The van der Waals surface area contributed by atoms with Crippen molar-refractivity contribution in [3.8, 4) is 0 Å². The van der Waals surface area contributed by atoms with E-state index in [1.54, 1.807) is 45.0 Å². The summed E-state index contributed by atoms with van der Waals surface area (Å²) in [6.45, 7) is 4.91. The lowest BCUT2D eigenvalue weighted by molar-refractivity contribution is -0.160. The fourth-order valence-corrected chi connectivity index (χ4v) is 2.99. The van der Waals surface area contributed by atoms with E-state index in [1.165, 1.54) is 4.90 Å². The van der Waals surface area contributed by atoms with Gasteiger partial charge < -0.3 is 10.1 Å². The maximum absolute atomic E-state index is 13.0. The quantitative estimate of drug-likeness (QED) is 0.864. The zero-order valence-electron chi connectivity index (χ0n) is 14.2. The van der Waals surface area contributed by atoms with Crippen molar-refractivity contribution in [2.24, 2.45) is 5.92 Å². The van der Waals surface area contributed by atoms with Gasteiger partial charge in [0.05, 0.1) is 17.3 Å². The van der Waals surface area contributed by atoms with Crippen molar-refractivity contribution in [3.05, 3.63) is 24.3 Å². The molecular weight excluding hydrogens is 308 g/mol. The average Bonchev–Trinajstić information content (AvgIpc) is 2.45. The van der Waals surface area contributed by atoms with Crippen LogP contribution in [0.2, 0.25) is 0 Å². The van der Waals surface area contributed by atoms with Crippen molar-refractivity contribution >= 4 is 29.2 Å². The molecule has 2 aliphatic rings. The van der Waals surface area contributed by atoms with E-state index in [4.69, 9.17) is 4.74 Å². The van der Waals surface area contributed by atoms with Gasteiger partial charge in [0.2, 0.25) is 5.91 Å². The normalized spacial score (nSPS) is 20.5. The van der Waals surface area contributed by atoms with E-state index < -0.39 is 17.6 Å². The van der Waals surface area contributed by atoms with Crippen molar-refractivity contribution in [1.29, 1.82) is 0 Å². The second-order valence-electron chi connectivity index (χ2n) is 6.91. The molecule has 0 aromatic heterocycles. The number of carbonyl (C=O) groups excluding carboxylic acids is 3. The topological polar surface area (TPSA) is 75.7 Å². The third kappa shape index (κ3) is 2.66. The lowest BCUT2D eigenvalue weighted by atomic mass is 9.86. The fourth-order valence-electron chi connectivity index (χ4n) is 2.99. The van der Waals surface area contributed by atoms with E-state index in [1.807, 2.05) is 0 Å². The summed E-state index contributed by atoms with van der Waals surface area (Å²) in [5.74, 6) is -1.08. The maximum Gasteiger partial charge on any atom is 0.309 e. The summed E-state index contributed by atoms with van der Waals surface area (Å²) in [5.41, 5.74) is 0.120. The first-order chi connectivity index (χ1) is 11.3. The highest BCUT2D eigenvalue weighted by Crippen LogP contribution is 2.37. The van der Waals surface area contributed by atoms with Gasteiger partial charge in [-0.05, 0) is 45.7 Å². The van der Waals surface area contributed by atoms with Crippen LogP contribution in [0, 0.1) is 5.92 Å². The van der Waals surface area contributed by atoms with Crippen LogP contribution in [0.25, 0.3) is 0 Å². The lowest BCUT2D eigenvalue weighted by Gasteiger charge is -2.43. The van der Waals surface area contributed by atoms with Crippen LogP contribution < -0.4 is 10.2 Å². The second kappa shape index (κ2) is 5.92. The van der Waals surface area contributed by atoms with Crippen LogP contribution in [0.4, 0.5) is 11.4 Å². The van der Waals surface area contributed by atoms with Crippen molar-refractivity contribution in [2.45, 2.75) is 51.7 Å². The molecule has 2 amide bonds. The Morgan fingerprint density at radius 2 is 1.96 bits per heavy atom. The van der Waals surface area contributed by atoms with E-state index in [9.17, 15) is 14.4 Å². The highest BCUT2D eigenvalue weighted by atomic mass is 16.5. The van der Waals surface area contributed by atoms with Crippen LogP contribution in [0.5, 0.6) is 0 Å².